The van der Waals surface area contributed by atoms with Gasteiger partial charge in [0, 0.05) is 13.0 Å². The Balaban J connectivity index is 1.33. The Hall–Kier alpha value is -6.42. The lowest BCUT2D eigenvalue weighted by Crippen LogP contribution is -2.58. The Kier molecular flexibility index (Phi) is 16.0. The minimum Gasteiger partial charge on any atom is -0.478 e. The molecular formula is C44H52N6O10. The molecule has 1 aliphatic carbocycles. The fraction of sp³-hybridized carbons (Fsp3) is 0.409. The van der Waals surface area contributed by atoms with E-state index in [0.717, 1.165) is 24.8 Å². The first-order chi connectivity index (χ1) is 28.9. The number of amides is 6. The van der Waals surface area contributed by atoms with Gasteiger partial charge in [-0.2, -0.15) is 0 Å². The predicted molar refractivity (Wildman–Crippen MR) is 218 cm³/mol. The van der Waals surface area contributed by atoms with Crippen molar-refractivity contribution in [1.82, 2.24) is 26.2 Å². The van der Waals surface area contributed by atoms with E-state index in [1.807, 2.05) is 30.3 Å². The molecule has 2 aliphatic rings. The standard InChI is InChI=1S/C44H52N6O10/c1-2-14-33(38(52)42(56)46-24-35(51)48-36(39(45)53)28-17-8-4-9-18-28)47-41(55)34-23-30(60-26-27-15-6-3-7-16-27)25-50(34)43(57)37(29-19-10-5-11-20-29)49-40(54)31-21-12-13-22-32(31)44(58)59/h3-4,6-9,12-13,15-18,21-22,29-30,33-34,36-37H,2,5,10-11,14,19-20,23-26H2,1H3,(H2,45,53)(H,46,56)(H,47,55)(H,48,51)(H,49,54)(H,58,59). The summed E-state index contributed by atoms with van der Waals surface area (Å²) in [5, 5.41) is 20.0. The van der Waals surface area contributed by atoms with Gasteiger partial charge in [-0.15, -0.1) is 0 Å². The van der Waals surface area contributed by atoms with Gasteiger partial charge in [-0.1, -0.05) is 105 Å². The maximum atomic E-state index is 14.7. The highest BCUT2D eigenvalue weighted by Crippen LogP contribution is 2.31. The molecule has 2 fully saturated rings. The van der Waals surface area contributed by atoms with Gasteiger partial charge in [-0.25, -0.2) is 4.79 Å². The van der Waals surface area contributed by atoms with Gasteiger partial charge in [0.1, 0.15) is 18.1 Å². The number of nitrogens with two attached hydrogens (primary N) is 1. The molecule has 60 heavy (non-hydrogen) atoms. The Morgan fingerprint density at radius 3 is 2.08 bits per heavy atom. The van der Waals surface area contributed by atoms with Crippen molar-refractivity contribution in [3.8, 4) is 0 Å². The number of likely N-dealkylation sites (tertiary alicyclic amines) is 1. The second-order valence-corrected chi connectivity index (χ2v) is 15.1. The van der Waals surface area contributed by atoms with Gasteiger partial charge in [0.2, 0.25) is 29.4 Å². The van der Waals surface area contributed by atoms with Crippen LogP contribution in [0.25, 0.3) is 0 Å². The van der Waals surface area contributed by atoms with Crippen LogP contribution in [0.1, 0.15) is 96.2 Å². The number of carboxylic acids is 1. The van der Waals surface area contributed by atoms with Crippen LogP contribution in [0.3, 0.4) is 0 Å². The van der Waals surface area contributed by atoms with Crippen LogP contribution in [0, 0.1) is 5.92 Å². The van der Waals surface area contributed by atoms with Crippen LogP contribution in [0.5, 0.6) is 0 Å². The van der Waals surface area contributed by atoms with Crippen molar-refractivity contribution >= 4 is 47.2 Å². The molecule has 0 spiro atoms. The second-order valence-electron chi connectivity index (χ2n) is 15.1. The summed E-state index contributed by atoms with van der Waals surface area (Å²) in [5.74, 6) is -7.41. The van der Waals surface area contributed by atoms with E-state index in [1.54, 1.807) is 37.3 Å². The largest absolute Gasteiger partial charge is 0.478 e. The number of ketones is 1. The average Bonchev–Trinajstić information content (AvgIpc) is 3.70. The van der Waals surface area contributed by atoms with Crippen molar-refractivity contribution in [3.63, 3.8) is 0 Å². The maximum Gasteiger partial charge on any atom is 0.336 e. The lowest BCUT2D eigenvalue weighted by atomic mass is 9.83. The predicted octanol–water partition coefficient (Wildman–Crippen LogP) is 2.56. The van der Waals surface area contributed by atoms with Crippen LogP contribution >= 0.6 is 0 Å². The lowest BCUT2D eigenvalue weighted by molar-refractivity contribution is -0.143. The molecule has 1 heterocycles. The van der Waals surface area contributed by atoms with Gasteiger partial charge in [0.25, 0.3) is 11.8 Å². The SMILES string of the molecule is CCCC(NC(=O)C1CC(OCc2ccccc2)CN1C(=O)C(NC(=O)c1ccccc1C(=O)O)C1CCCCC1)C(=O)C(=O)NCC(=O)NC(C(N)=O)c1ccccc1. The number of primary amides is 1. The van der Waals surface area contributed by atoms with Crippen molar-refractivity contribution in [2.75, 3.05) is 13.1 Å². The first-order valence-corrected chi connectivity index (χ1v) is 20.2. The number of rotatable bonds is 19. The van der Waals surface area contributed by atoms with Crippen LogP contribution in [0.15, 0.2) is 84.9 Å². The quantitative estimate of drug-likeness (QED) is 0.0966. The molecule has 16 nitrogen and oxygen atoms in total. The van der Waals surface area contributed by atoms with Gasteiger partial charge < -0.3 is 41.7 Å². The molecule has 0 radical (unpaired) electrons. The zero-order valence-electron chi connectivity index (χ0n) is 33.5. The van der Waals surface area contributed by atoms with Gasteiger partial charge in [-0.05, 0) is 48.4 Å². The van der Waals surface area contributed by atoms with Gasteiger partial charge in [0.05, 0.1) is 36.4 Å². The van der Waals surface area contributed by atoms with Crippen molar-refractivity contribution in [2.45, 2.75) is 95.2 Å². The molecule has 16 heteroatoms. The Bertz CT molecular complexity index is 2020. The van der Waals surface area contributed by atoms with Gasteiger partial charge in [0.15, 0.2) is 0 Å². The fourth-order valence-electron chi connectivity index (χ4n) is 7.72. The van der Waals surface area contributed by atoms with Crippen molar-refractivity contribution < 1.29 is 48.2 Å². The number of benzene rings is 3. The molecule has 5 atom stereocenters. The first-order valence-electron chi connectivity index (χ1n) is 20.2. The van der Waals surface area contributed by atoms with E-state index in [2.05, 4.69) is 21.3 Å². The van der Waals surface area contributed by atoms with Crippen molar-refractivity contribution in [1.29, 1.82) is 0 Å². The molecule has 1 saturated heterocycles. The molecule has 6 amide bonds. The fourth-order valence-corrected chi connectivity index (χ4v) is 7.72. The number of hydrogen-bond donors (Lipinski definition) is 6. The number of carboxylic acid groups (broad SMARTS) is 1. The number of nitrogens with zero attached hydrogens (tertiary/aromatic N) is 1. The molecule has 1 aliphatic heterocycles. The van der Waals surface area contributed by atoms with E-state index in [4.69, 9.17) is 10.5 Å². The zero-order valence-corrected chi connectivity index (χ0v) is 33.5. The van der Waals surface area contributed by atoms with E-state index in [-0.39, 0.29) is 43.0 Å². The zero-order chi connectivity index (χ0) is 43.2. The number of carbonyl (C=O) groups is 8. The maximum absolute atomic E-state index is 14.7. The van der Waals surface area contributed by atoms with Crippen LogP contribution in [-0.2, 0) is 40.1 Å². The Morgan fingerprint density at radius 1 is 0.817 bits per heavy atom. The summed E-state index contributed by atoms with van der Waals surface area (Å²) in [6.07, 6.45) is 3.66. The summed E-state index contributed by atoms with van der Waals surface area (Å²) in [6, 6.07) is 18.5. The third kappa shape index (κ3) is 11.8. The minimum absolute atomic E-state index is 0.0220. The molecule has 5 unspecified atom stereocenters. The van der Waals surface area contributed by atoms with Crippen LogP contribution in [0.4, 0.5) is 0 Å². The summed E-state index contributed by atoms with van der Waals surface area (Å²) >= 11 is 0. The normalized spacial score (nSPS) is 18.0. The first kappa shape index (κ1) is 44.7. The molecule has 3 aromatic carbocycles. The molecule has 5 rings (SSSR count). The Morgan fingerprint density at radius 2 is 1.45 bits per heavy atom. The minimum atomic E-state index is -1.32. The molecule has 0 bridgehead atoms. The van der Waals surface area contributed by atoms with E-state index >= 15 is 0 Å². The summed E-state index contributed by atoms with van der Waals surface area (Å²) in [6.45, 7) is 1.26. The smallest absolute Gasteiger partial charge is 0.336 e. The van der Waals surface area contributed by atoms with Gasteiger partial charge >= 0.3 is 5.97 Å². The number of ether oxygens (including phenoxy) is 1. The molecule has 0 aromatic heterocycles. The summed E-state index contributed by atoms with van der Waals surface area (Å²) in [4.78, 5) is 107. The third-order valence-corrected chi connectivity index (χ3v) is 10.8. The second kappa shape index (κ2) is 21.5. The van der Waals surface area contributed by atoms with E-state index in [0.29, 0.717) is 24.8 Å². The van der Waals surface area contributed by atoms with Crippen LogP contribution in [0.2, 0.25) is 0 Å². The molecule has 3 aromatic rings. The van der Waals surface area contributed by atoms with Crippen LogP contribution < -0.4 is 27.0 Å². The summed E-state index contributed by atoms with van der Waals surface area (Å²) < 4.78 is 6.21. The highest BCUT2D eigenvalue weighted by molar-refractivity contribution is 6.38. The van der Waals surface area contributed by atoms with E-state index in [1.165, 1.54) is 29.2 Å². The number of nitrogens with one attached hydrogen (secondary N) is 4. The number of hydrogen-bond acceptors (Lipinski definition) is 9. The number of carbonyl (C=O) groups excluding carboxylic acids is 7. The highest BCUT2D eigenvalue weighted by Gasteiger charge is 2.45. The summed E-state index contributed by atoms with van der Waals surface area (Å²) in [7, 11) is 0. The third-order valence-electron chi connectivity index (χ3n) is 10.8. The molecule has 1 saturated carbocycles. The Labute approximate surface area is 348 Å². The van der Waals surface area contributed by atoms with E-state index < -0.39 is 84.0 Å². The molecule has 318 valence electrons. The number of Topliss-reactive ketones (excluding diaryl/α,β-unsaturated/α-hetero) is 1. The van der Waals surface area contributed by atoms with Crippen molar-refractivity contribution in [2.24, 2.45) is 11.7 Å². The topological polar surface area (TPSA) is 243 Å². The van der Waals surface area contributed by atoms with Crippen LogP contribution in [-0.4, -0.2) is 94.5 Å². The van der Waals surface area contributed by atoms with Crippen molar-refractivity contribution in [3.05, 3.63) is 107 Å². The average molecular weight is 825 g/mol. The lowest BCUT2D eigenvalue weighted by Gasteiger charge is -2.35. The summed E-state index contributed by atoms with van der Waals surface area (Å²) in [5.41, 5.74) is 6.44. The van der Waals surface area contributed by atoms with Gasteiger partial charge in [-0.3, -0.25) is 33.6 Å². The molecular weight excluding hydrogens is 773 g/mol. The van der Waals surface area contributed by atoms with E-state index in [9.17, 15) is 43.5 Å². The monoisotopic (exact) mass is 824 g/mol. The molecule has 7 N–H and O–H groups in total. The number of aromatic carboxylic acids is 1. The highest BCUT2D eigenvalue weighted by atomic mass is 16.5.